The maximum atomic E-state index is 9.70. The van der Waals surface area contributed by atoms with E-state index in [4.69, 9.17) is 5.73 Å². The molecule has 4 heteroatoms. The summed E-state index contributed by atoms with van der Waals surface area (Å²) in [5.74, 6) is 0.301. The molecule has 0 heterocycles. The van der Waals surface area contributed by atoms with E-state index in [1.54, 1.807) is 12.1 Å². The molecule has 1 fully saturated rings. The van der Waals surface area contributed by atoms with Crippen molar-refractivity contribution in [2.45, 2.75) is 31.7 Å². The lowest BCUT2D eigenvalue weighted by molar-refractivity contribution is 0.379. The molecule has 1 aliphatic carbocycles. The van der Waals surface area contributed by atoms with E-state index in [0.29, 0.717) is 11.5 Å². The number of hydrogen-bond acceptors (Lipinski definition) is 3. The lowest BCUT2D eigenvalue weighted by Crippen LogP contribution is -2.19. The zero-order valence-corrected chi connectivity index (χ0v) is 9.91. The second-order valence-corrected chi connectivity index (χ2v) is 4.29. The Morgan fingerprint density at radius 2 is 1.81 bits per heavy atom. The van der Waals surface area contributed by atoms with Gasteiger partial charge in [-0.15, -0.1) is 12.4 Å². The average Bonchev–Trinajstić information content (AvgIpc) is 2.74. The molecule has 0 bridgehead atoms. The first-order valence-electron chi connectivity index (χ1n) is 5.46. The minimum atomic E-state index is -0.153. The summed E-state index contributed by atoms with van der Waals surface area (Å²) < 4.78 is 0. The van der Waals surface area contributed by atoms with Gasteiger partial charge in [0.1, 0.15) is 0 Å². The summed E-state index contributed by atoms with van der Waals surface area (Å²) in [7, 11) is 0. The number of para-hydroxylation sites is 1. The van der Waals surface area contributed by atoms with E-state index in [2.05, 4.69) is 0 Å². The fourth-order valence-corrected chi connectivity index (χ4v) is 2.39. The number of hydrogen-bond donors (Lipinski definition) is 3. The molecule has 16 heavy (non-hydrogen) atoms. The van der Waals surface area contributed by atoms with Gasteiger partial charge in [0.2, 0.25) is 0 Å². The van der Waals surface area contributed by atoms with Gasteiger partial charge in [-0.1, -0.05) is 25.0 Å². The Balaban J connectivity index is 0.00000128. The first kappa shape index (κ1) is 13.1. The summed E-state index contributed by atoms with van der Waals surface area (Å²) in [4.78, 5) is 0. The van der Waals surface area contributed by atoms with Crippen LogP contribution in [0.2, 0.25) is 0 Å². The van der Waals surface area contributed by atoms with Crippen molar-refractivity contribution >= 4 is 12.4 Å². The molecule has 0 saturated heterocycles. The Kier molecular flexibility index (Phi) is 4.44. The van der Waals surface area contributed by atoms with Gasteiger partial charge < -0.3 is 15.9 Å². The van der Waals surface area contributed by atoms with Crippen LogP contribution in [0.3, 0.4) is 0 Å². The second kappa shape index (κ2) is 5.41. The molecule has 2 rings (SSSR count). The molecule has 0 radical (unpaired) electrons. The van der Waals surface area contributed by atoms with Crippen molar-refractivity contribution in [1.82, 2.24) is 0 Å². The Morgan fingerprint density at radius 1 is 1.19 bits per heavy atom. The van der Waals surface area contributed by atoms with E-state index >= 15 is 0 Å². The molecule has 0 amide bonds. The largest absolute Gasteiger partial charge is 0.504 e. The molecular weight excluding hydrogens is 226 g/mol. The number of benzene rings is 1. The van der Waals surface area contributed by atoms with Crippen molar-refractivity contribution in [1.29, 1.82) is 0 Å². The standard InChI is InChI=1S/C12H17NO2.ClH/c13-11(8-4-1-2-5-8)9-6-3-7-10(14)12(9)15;/h3,6-8,11,14-15H,1-2,4-5,13H2;1H/t11-;/m0./s1. The molecule has 0 aromatic heterocycles. The Morgan fingerprint density at radius 3 is 2.44 bits per heavy atom. The van der Waals surface area contributed by atoms with Crippen LogP contribution in [0.1, 0.15) is 37.3 Å². The molecule has 1 saturated carbocycles. The minimum Gasteiger partial charge on any atom is -0.504 e. The normalized spacial score (nSPS) is 18.1. The van der Waals surface area contributed by atoms with Crippen LogP contribution in [0, 0.1) is 5.92 Å². The van der Waals surface area contributed by atoms with Crippen LogP contribution in [-0.2, 0) is 0 Å². The number of halogens is 1. The van der Waals surface area contributed by atoms with E-state index in [1.165, 1.54) is 18.9 Å². The molecule has 0 unspecified atom stereocenters. The van der Waals surface area contributed by atoms with Crippen LogP contribution in [-0.4, -0.2) is 10.2 Å². The molecule has 3 nitrogen and oxygen atoms in total. The molecule has 90 valence electrons. The van der Waals surface area contributed by atoms with Crippen LogP contribution in [0.4, 0.5) is 0 Å². The Bertz CT molecular complexity index is 351. The highest BCUT2D eigenvalue weighted by atomic mass is 35.5. The third-order valence-electron chi connectivity index (χ3n) is 3.31. The topological polar surface area (TPSA) is 66.5 Å². The quantitative estimate of drug-likeness (QED) is 0.700. The van der Waals surface area contributed by atoms with Gasteiger partial charge in [-0.3, -0.25) is 0 Å². The maximum absolute atomic E-state index is 9.70. The van der Waals surface area contributed by atoms with E-state index in [9.17, 15) is 10.2 Å². The first-order chi connectivity index (χ1) is 7.20. The summed E-state index contributed by atoms with van der Waals surface area (Å²) in [6.45, 7) is 0. The van der Waals surface area contributed by atoms with Crippen molar-refractivity contribution < 1.29 is 10.2 Å². The van der Waals surface area contributed by atoms with Gasteiger partial charge >= 0.3 is 0 Å². The highest BCUT2D eigenvalue weighted by molar-refractivity contribution is 5.85. The molecule has 1 atom stereocenters. The summed E-state index contributed by atoms with van der Waals surface area (Å²) >= 11 is 0. The molecule has 1 aromatic carbocycles. The predicted molar refractivity (Wildman–Crippen MR) is 65.9 cm³/mol. The molecule has 0 aliphatic heterocycles. The second-order valence-electron chi connectivity index (χ2n) is 4.29. The zero-order chi connectivity index (χ0) is 10.8. The first-order valence-corrected chi connectivity index (χ1v) is 5.46. The third kappa shape index (κ3) is 2.42. The number of rotatable bonds is 2. The van der Waals surface area contributed by atoms with Gasteiger partial charge in [0.15, 0.2) is 11.5 Å². The maximum Gasteiger partial charge on any atom is 0.162 e. The fraction of sp³-hybridized carbons (Fsp3) is 0.500. The van der Waals surface area contributed by atoms with E-state index in [1.807, 2.05) is 0 Å². The van der Waals surface area contributed by atoms with Crippen molar-refractivity contribution in [2.24, 2.45) is 11.7 Å². The van der Waals surface area contributed by atoms with E-state index < -0.39 is 0 Å². The number of phenols is 2. The third-order valence-corrected chi connectivity index (χ3v) is 3.31. The Hall–Kier alpha value is -0.930. The molecular formula is C12H18ClNO2. The monoisotopic (exact) mass is 243 g/mol. The van der Waals surface area contributed by atoms with E-state index in [0.717, 1.165) is 12.8 Å². The van der Waals surface area contributed by atoms with Gasteiger partial charge in [-0.2, -0.15) is 0 Å². The molecule has 4 N–H and O–H groups in total. The lowest BCUT2D eigenvalue weighted by Gasteiger charge is -2.20. The highest BCUT2D eigenvalue weighted by Gasteiger charge is 2.25. The van der Waals surface area contributed by atoms with Crippen LogP contribution in [0.25, 0.3) is 0 Å². The summed E-state index contributed by atoms with van der Waals surface area (Å²) in [6, 6.07) is 4.83. The molecule has 1 aromatic rings. The Labute approximate surface area is 102 Å². The van der Waals surface area contributed by atoms with Crippen molar-refractivity contribution in [3.63, 3.8) is 0 Å². The summed E-state index contributed by atoms with van der Waals surface area (Å²) in [6.07, 6.45) is 4.68. The zero-order valence-electron chi connectivity index (χ0n) is 9.10. The predicted octanol–water partition coefficient (Wildman–Crippen LogP) is 2.71. The van der Waals surface area contributed by atoms with Crippen LogP contribution in [0.5, 0.6) is 11.5 Å². The van der Waals surface area contributed by atoms with Gasteiger partial charge in [-0.25, -0.2) is 0 Å². The summed E-state index contributed by atoms with van der Waals surface area (Å²) in [5.41, 5.74) is 6.77. The van der Waals surface area contributed by atoms with Crippen LogP contribution in [0.15, 0.2) is 18.2 Å². The van der Waals surface area contributed by atoms with Crippen LogP contribution >= 0.6 is 12.4 Å². The summed E-state index contributed by atoms with van der Waals surface area (Å²) in [5, 5.41) is 19.1. The SMILES string of the molecule is Cl.N[C@H](c1cccc(O)c1O)C1CCCC1. The van der Waals surface area contributed by atoms with Crippen molar-refractivity contribution in [3.05, 3.63) is 23.8 Å². The van der Waals surface area contributed by atoms with Crippen molar-refractivity contribution in [3.8, 4) is 11.5 Å². The smallest absolute Gasteiger partial charge is 0.162 e. The van der Waals surface area contributed by atoms with Gasteiger partial charge in [-0.05, 0) is 24.8 Å². The van der Waals surface area contributed by atoms with Gasteiger partial charge in [0, 0.05) is 11.6 Å². The fourth-order valence-electron chi connectivity index (χ4n) is 2.39. The lowest BCUT2D eigenvalue weighted by atomic mass is 9.92. The minimum absolute atomic E-state index is 0. The molecule has 0 spiro atoms. The number of nitrogens with two attached hydrogens (primary N) is 1. The highest BCUT2D eigenvalue weighted by Crippen LogP contribution is 2.39. The van der Waals surface area contributed by atoms with Crippen molar-refractivity contribution in [2.75, 3.05) is 0 Å². The number of phenolic OH excluding ortho intramolecular Hbond substituents is 2. The average molecular weight is 244 g/mol. The number of aromatic hydroxyl groups is 2. The van der Waals surface area contributed by atoms with E-state index in [-0.39, 0.29) is 29.9 Å². The van der Waals surface area contributed by atoms with Gasteiger partial charge in [0.25, 0.3) is 0 Å². The van der Waals surface area contributed by atoms with Gasteiger partial charge in [0.05, 0.1) is 0 Å². The van der Waals surface area contributed by atoms with Crippen LogP contribution < -0.4 is 5.73 Å². The molecule has 1 aliphatic rings.